The maximum atomic E-state index is 10.8. The van der Waals surface area contributed by atoms with Crippen molar-refractivity contribution in [3.8, 4) is 0 Å². The molecular weight excluding hydrogens is 179 g/mol. The van der Waals surface area contributed by atoms with E-state index in [1.54, 1.807) is 14.0 Å². The summed E-state index contributed by atoms with van der Waals surface area (Å²) in [6, 6.07) is 0. The first-order chi connectivity index (χ1) is 5.35. The standard InChI is InChI=1S/C7H17O4P/c1-6(10-3)5-7(2)11-12(4,8)9/h6-7H,5H2,1-4H3,(H,8,9). The average molecular weight is 196 g/mol. The lowest BCUT2D eigenvalue weighted by atomic mass is 10.2. The molecule has 0 amide bonds. The van der Waals surface area contributed by atoms with Crippen LogP contribution in [0.15, 0.2) is 0 Å². The van der Waals surface area contributed by atoms with Crippen molar-refractivity contribution in [3.05, 3.63) is 0 Å². The normalized spacial score (nSPS) is 21.4. The number of methoxy groups -OCH3 is 1. The molecule has 0 aromatic carbocycles. The highest BCUT2D eigenvalue weighted by atomic mass is 31.2. The van der Waals surface area contributed by atoms with Crippen LogP contribution in [0.5, 0.6) is 0 Å². The molecule has 0 aromatic rings. The van der Waals surface area contributed by atoms with Crippen molar-refractivity contribution in [3.63, 3.8) is 0 Å². The van der Waals surface area contributed by atoms with Crippen LogP contribution in [-0.2, 0) is 13.8 Å². The van der Waals surface area contributed by atoms with Crippen LogP contribution < -0.4 is 0 Å². The van der Waals surface area contributed by atoms with Crippen LogP contribution in [0.25, 0.3) is 0 Å². The molecule has 0 radical (unpaired) electrons. The van der Waals surface area contributed by atoms with Gasteiger partial charge in [-0.15, -0.1) is 0 Å². The van der Waals surface area contributed by atoms with Crippen molar-refractivity contribution in [2.45, 2.75) is 32.5 Å². The third kappa shape index (κ3) is 6.80. The zero-order chi connectivity index (χ0) is 9.78. The van der Waals surface area contributed by atoms with Gasteiger partial charge < -0.3 is 14.2 Å². The van der Waals surface area contributed by atoms with E-state index >= 15 is 0 Å². The molecule has 4 nitrogen and oxygen atoms in total. The quantitative estimate of drug-likeness (QED) is 0.679. The molecule has 3 unspecified atom stereocenters. The van der Waals surface area contributed by atoms with Crippen LogP contribution in [0.4, 0.5) is 0 Å². The van der Waals surface area contributed by atoms with Crippen LogP contribution >= 0.6 is 7.60 Å². The van der Waals surface area contributed by atoms with E-state index in [9.17, 15) is 4.57 Å². The fourth-order valence-corrected chi connectivity index (χ4v) is 1.69. The third-order valence-electron chi connectivity index (χ3n) is 1.44. The summed E-state index contributed by atoms with van der Waals surface area (Å²) in [6.07, 6.45) is 0.418. The summed E-state index contributed by atoms with van der Waals surface area (Å²) < 4.78 is 20.6. The van der Waals surface area contributed by atoms with Crippen LogP contribution in [0.1, 0.15) is 20.3 Å². The molecular formula is C7H17O4P. The summed E-state index contributed by atoms with van der Waals surface area (Å²) in [6.45, 7) is 4.82. The van der Waals surface area contributed by atoms with E-state index in [1.165, 1.54) is 6.66 Å². The molecule has 0 heterocycles. The Hall–Kier alpha value is 0.110. The second-order valence-corrected chi connectivity index (χ2v) is 4.82. The Morgan fingerprint density at radius 2 is 1.92 bits per heavy atom. The van der Waals surface area contributed by atoms with Gasteiger partial charge in [0.15, 0.2) is 0 Å². The van der Waals surface area contributed by atoms with Crippen molar-refractivity contribution in [2.75, 3.05) is 13.8 Å². The van der Waals surface area contributed by atoms with Crippen LogP contribution in [0, 0.1) is 0 Å². The number of rotatable bonds is 5. The molecule has 0 aliphatic carbocycles. The maximum absolute atomic E-state index is 10.8. The average Bonchev–Trinajstić information content (AvgIpc) is 1.82. The molecule has 0 bridgehead atoms. The Kier molecular flexibility index (Phi) is 5.02. The first-order valence-corrected chi connectivity index (χ1v) is 5.89. The zero-order valence-corrected chi connectivity index (χ0v) is 8.88. The second kappa shape index (κ2) is 4.97. The summed E-state index contributed by atoms with van der Waals surface area (Å²) in [5, 5.41) is 0. The minimum Gasteiger partial charge on any atom is -0.382 e. The van der Waals surface area contributed by atoms with Crippen molar-refractivity contribution in [2.24, 2.45) is 0 Å². The Labute approximate surface area is 73.4 Å². The molecule has 0 saturated heterocycles. The molecule has 5 heteroatoms. The monoisotopic (exact) mass is 196 g/mol. The minimum atomic E-state index is -3.34. The van der Waals surface area contributed by atoms with Gasteiger partial charge >= 0.3 is 7.60 Å². The van der Waals surface area contributed by atoms with Gasteiger partial charge in [0.2, 0.25) is 0 Å². The van der Waals surface area contributed by atoms with Gasteiger partial charge in [0.05, 0.1) is 12.2 Å². The third-order valence-corrected chi connectivity index (χ3v) is 2.19. The molecule has 0 aliphatic heterocycles. The minimum absolute atomic E-state index is 0.0477. The summed E-state index contributed by atoms with van der Waals surface area (Å²) in [5.74, 6) is 0. The van der Waals surface area contributed by atoms with Crippen molar-refractivity contribution in [1.82, 2.24) is 0 Å². The molecule has 0 saturated carbocycles. The van der Waals surface area contributed by atoms with Crippen LogP contribution in [-0.4, -0.2) is 30.9 Å². The topological polar surface area (TPSA) is 55.8 Å². The highest BCUT2D eigenvalue weighted by Gasteiger charge is 2.17. The molecule has 74 valence electrons. The lowest BCUT2D eigenvalue weighted by Gasteiger charge is -2.17. The van der Waals surface area contributed by atoms with E-state index in [-0.39, 0.29) is 12.2 Å². The fraction of sp³-hybridized carbons (Fsp3) is 1.00. The number of ether oxygens (including phenoxy) is 1. The highest BCUT2D eigenvalue weighted by molar-refractivity contribution is 7.51. The summed E-state index contributed by atoms with van der Waals surface area (Å²) in [5.41, 5.74) is 0. The Bertz CT molecular complexity index is 165. The number of hydrogen-bond acceptors (Lipinski definition) is 3. The largest absolute Gasteiger partial charge is 0.382 e. The summed E-state index contributed by atoms with van der Waals surface area (Å²) in [7, 11) is -1.75. The van der Waals surface area contributed by atoms with E-state index in [1.807, 2.05) is 6.92 Å². The van der Waals surface area contributed by atoms with Gasteiger partial charge in [0, 0.05) is 13.8 Å². The lowest BCUT2D eigenvalue weighted by molar-refractivity contribution is 0.0685. The van der Waals surface area contributed by atoms with Crippen molar-refractivity contribution in [1.29, 1.82) is 0 Å². The summed E-state index contributed by atoms with van der Waals surface area (Å²) in [4.78, 5) is 8.87. The van der Waals surface area contributed by atoms with E-state index in [4.69, 9.17) is 14.2 Å². The lowest BCUT2D eigenvalue weighted by Crippen LogP contribution is -2.16. The molecule has 0 aliphatic rings. The van der Waals surface area contributed by atoms with Gasteiger partial charge in [0.1, 0.15) is 0 Å². The van der Waals surface area contributed by atoms with Gasteiger partial charge in [-0.1, -0.05) is 0 Å². The van der Waals surface area contributed by atoms with Gasteiger partial charge in [-0.2, -0.15) is 0 Å². The van der Waals surface area contributed by atoms with E-state index in [2.05, 4.69) is 0 Å². The van der Waals surface area contributed by atoms with E-state index in [0.29, 0.717) is 6.42 Å². The van der Waals surface area contributed by atoms with Crippen LogP contribution in [0.2, 0.25) is 0 Å². The summed E-state index contributed by atoms with van der Waals surface area (Å²) >= 11 is 0. The molecule has 1 N–H and O–H groups in total. The van der Waals surface area contributed by atoms with Gasteiger partial charge in [0.25, 0.3) is 0 Å². The van der Waals surface area contributed by atoms with Crippen molar-refractivity contribution < 1.29 is 18.7 Å². The first kappa shape index (κ1) is 12.1. The van der Waals surface area contributed by atoms with Gasteiger partial charge in [-0.05, 0) is 20.3 Å². The molecule has 0 rings (SSSR count). The smallest absolute Gasteiger partial charge is 0.325 e. The molecule has 0 fully saturated rings. The van der Waals surface area contributed by atoms with E-state index in [0.717, 1.165) is 0 Å². The Morgan fingerprint density at radius 3 is 2.25 bits per heavy atom. The molecule has 0 spiro atoms. The Morgan fingerprint density at radius 1 is 1.42 bits per heavy atom. The predicted molar refractivity (Wildman–Crippen MR) is 47.4 cm³/mol. The van der Waals surface area contributed by atoms with Crippen LogP contribution in [0.3, 0.4) is 0 Å². The second-order valence-electron chi connectivity index (χ2n) is 3.00. The van der Waals surface area contributed by atoms with E-state index < -0.39 is 7.60 Å². The Balaban J connectivity index is 3.74. The maximum Gasteiger partial charge on any atom is 0.325 e. The highest BCUT2D eigenvalue weighted by Crippen LogP contribution is 2.38. The number of hydrogen-bond donors (Lipinski definition) is 1. The molecule has 0 aromatic heterocycles. The zero-order valence-electron chi connectivity index (χ0n) is 7.98. The molecule has 12 heavy (non-hydrogen) atoms. The fourth-order valence-electron chi connectivity index (χ4n) is 0.941. The van der Waals surface area contributed by atoms with Crippen molar-refractivity contribution >= 4 is 7.60 Å². The predicted octanol–water partition coefficient (Wildman–Crippen LogP) is 1.63. The SMILES string of the molecule is COC(C)CC(C)OP(C)(=O)O. The first-order valence-electron chi connectivity index (χ1n) is 3.86. The molecule has 3 atom stereocenters. The van der Waals surface area contributed by atoms with Gasteiger partial charge in [-0.25, -0.2) is 0 Å². The van der Waals surface area contributed by atoms with Gasteiger partial charge in [-0.3, -0.25) is 4.57 Å².